The number of anilines is 1. The van der Waals surface area contributed by atoms with Crippen LogP contribution in [-0.4, -0.2) is 11.7 Å². The Morgan fingerprint density at radius 3 is 2.37 bits per heavy atom. The summed E-state index contributed by atoms with van der Waals surface area (Å²) in [4.78, 5) is 0. The van der Waals surface area contributed by atoms with Crippen LogP contribution in [0.25, 0.3) is 0 Å². The van der Waals surface area contributed by atoms with Crippen molar-refractivity contribution >= 4 is 17.3 Å². The van der Waals surface area contributed by atoms with E-state index in [1.165, 1.54) is 5.56 Å². The van der Waals surface area contributed by atoms with Crippen molar-refractivity contribution in [1.82, 2.24) is 0 Å². The predicted octanol–water partition coefficient (Wildman–Crippen LogP) is 4.10. The number of hydrogen-bond acceptors (Lipinski definition) is 2. The summed E-state index contributed by atoms with van der Waals surface area (Å²) in [6, 6.07) is 13.7. The summed E-state index contributed by atoms with van der Waals surface area (Å²) in [7, 11) is 0. The van der Waals surface area contributed by atoms with E-state index < -0.39 is 0 Å². The van der Waals surface area contributed by atoms with Crippen LogP contribution in [0.3, 0.4) is 0 Å². The summed E-state index contributed by atoms with van der Waals surface area (Å²) in [6.45, 7) is 4.09. The molecule has 2 N–H and O–H groups in total. The molecule has 0 fully saturated rings. The molecule has 2 rings (SSSR count). The summed E-state index contributed by atoms with van der Waals surface area (Å²) in [6.07, 6.45) is 0. The lowest BCUT2D eigenvalue weighted by molar-refractivity contribution is 0.276. The largest absolute Gasteiger partial charge is 0.394 e. The molecule has 0 aliphatic carbocycles. The molecule has 0 amide bonds. The van der Waals surface area contributed by atoms with Crippen LogP contribution in [0.2, 0.25) is 5.02 Å². The summed E-state index contributed by atoms with van der Waals surface area (Å²) in [5.41, 5.74) is 4.35. The summed E-state index contributed by atoms with van der Waals surface area (Å²) < 4.78 is 0. The zero-order valence-electron chi connectivity index (χ0n) is 11.2. The van der Waals surface area contributed by atoms with E-state index in [1.807, 2.05) is 49.4 Å². The van der Waals surface area contributed by atoms with E-state index in [1.54, 1.807) is 0 Å². The SMILES string of the molecule is Cc1ccc(NC(CO)c2ccc(Cl)cc2C)cc1. The van der Waals surface area contributed by atoms with E-state index in [4.69, 9.17) is 11.6 Å². The minimum absolute atomic E-state index is 0.0380. The Bertz CT molecular complexity index is 551. The van der Waals surface area contributed by atoms with Crippen LogP contribution < -0.4 is 5.32 Å². The Morgan fingerprint density at radius 2 is 1.79 bits per heavy atom. The standard InChI is InChI=1S/C16H18ClNO/c1-11-3-6-14(7-4-11)18-16(10-19)15-8-5-13(17)9-12(15)2/h3-9,16,18-19H,10H2,1-2H3. The maximum atomic E-state index is 9.59. The summed E-state index contributed by atoms with van der Waals surface area (Å²) in [5, 5.41) is 13.6. The van der Waals surface area contributed by atoms with Gasteiger partial charge in [0.25, 0.3) is 0 Å². The molecule has 0 aliphatic rings. The molecule has 100 valence electrons. The molecule has 0 heterocycles. The fourth-order valence-electron chi connectivity index (χ4n) is 2.10. The topological polar surface area (TPSA) is 32.3 Å². The number of aliphatic hydroxyl groups excluding tert-OH is 1. The Kier molecular flexibility index (Phi) is 4.46. The first-order valence-corrected chi connectivity index (χ1v) is 6.68. The lowest BCUT2D eigenvalue weighted by atomic mass is 10.0. The fraction of sp³-hybridized carbons (Fsp3) is 0.250. The van der Waals surface area contributed by atoms with Gasteiger partial charge in [-0.05, 0) is 49.2 Å². The highest BCUT2D eigenvalue weighted by Gasteiger charge is 2.12. The Balaban J connectivity index is 2.22. The fourth-order valence-corrected chi connectivity index (χ4v) is 2.33. The van der Waals surface area contributed by atoms with Crippen LogP contribution in [0.4, 0.5) is 5.69 Å². The molecule has 0 radical (unpaired) electrons. The molecular weight excluding hydrogens is 258 g/mol. The first-order valence-electron chi connectivity index (χ1n) is 6.30. The molecule has 3 heteroatoms. The van der Waals surface area contributed by atoms with Gasteiger partial charge in [-0.3, -0.25) is 0 Å². The molecular formula is C16H18ClNO. The van der Waals surface area contributed by atoms with Gasteiger partial charge in [-0.15, -0.1) is 0 Å². The van der Waals surface area contributed by atoms with Crippen LogP contribution >= 0.6 is 11.6 Å². The zero-order valence-corrected chi connectivity index (χ0v) is 11.9. The highest BCUT2D eigenvalue weighted by atomic mass is 35.5. The highest BCUT2D eigenvalue weighted by molar-refractivity contribution is 6.30. The molecule has 0 spiro atoms. The van der Waals surface area contributed by atoms with Gasteiger partial charge in [0.05, 0.1) is 12.6 Å². The van der Waals surface area contributed by atoms with E-state index in [9.17, 15) is 5.11 Å². The van der Waals surface area contributed by atoms with Crippen molar-refractivity contribution in [1.29, 1.82) is 0 Å². The molecule has 19 heavy (non-hydrogen) atoms. The predicted molar refractivity (Wildman–Crippen MR) is 80.8 cm³/mol. The summed E-state index contributed by atoms with van der Waals surface area (Å²) in [5.74, 6) is 0. The lowest BCUT2D eigenvalue weighted by Crippen LogP contribution is -2.16. The van der Waals surface area contributed by atoms with Gasteiger partial charge < -0.3 is 10.4 Å². The molecule has 0 aromatic heterocycles. The van der Waals surface area contributed by atoms with Crippen molar-refractivity contribution in [2.75, 3.05) is 11.9 Å². The first-order chi connectivity index (χ1) is 9.10. The van der Waals surface area contributed by atoms with Crippen LogP contribution in [0, 0.1) is 13.8 Å². The van der Waals surface area contributed by atoms with Crippen molar-refractivity contribution in [3.05, 3.63) is 64.2 Å². The minimum atomic E-state index is -0.125. The quantitative estimate of drug-likeness (QED) is 0.880. The van der Waals surface area contributed by atoms with Crippen molar-refractivity contribution in [2.45, 2.75) is 19.9 Å². The van der Waals surface area contributed by atoms with Gasteiger partial charge in [0.1, 0.15) is 0 Å². The number of hydrogen-bond donors (Lipinski definition) is 2. The molecule has 2 nitrogen and oxygen atoms in total. The third-order valence-corrected chi connectivity index (χ3v) is 3.42. The number of halogens is 1. The Morgan fingerprint density at radius 1 is 1.11 bits per heavy atom. The molecule has 0 saturated carbocycles. The van der Waals surface area contributed by atoms with Crippen molar-refractivity contribution in [2.24, 2.45) is 0 Å². The minimum Gasteiger partial charge on any atom is -0.394 e. The molecule has 2 aromatic rings. The Hall–Kier alpha value is -1.51. The normalized spacial score (nSPS) is 12.2. The molecule has 0 saturated heterocycles. The molecule has 2 aromatic carbocycles. The van der Waals surface area contributed by atoms with Gasteiger partial charge in [-0.1, -0.05) is 35.4 Å². The number of aliphatic hydroxyl groups is 1. The lowest BCUT2D eigenvalue weighted by Gasteiger charge is -2.20. The van der Waals surface area contributed by atoms with Gasteiger partial charge >= 0.3 is 0 Å². The second-order valence-electron chi connectivity index (χ2n) is 4.75. The first kappa shape index (κ1) is 13.9. The van der Waals surface area contributed by atoms with E-state index >= 15 is 0 Å². The second kappa shape index (κ2) is 6.09. The second-order valence-corrected chi connectivity index (χ2v) is 5.18. The van der Waals surface area contributed by atoms with Crippen LogP contribution in [0.15, 0.2) is 42.5 Å². The van der Waals surface area contributed by atoms with E-state index in [0.717, 1.165) is 16.8 Å². The third kappa shape index (κ3) is 3.49. The van der Waals surface area contributed by atoms with E-state index in [2.05, 4.69) is 12.2 Å². The molecule has 1 unspecified atom stereocenters. The van der Waals surface area contributed by atoms with Gasteiger partial charge in [0.2, 0.25) is 0 Å². The van der Waals surface area contributed by atoms with Crippen LogP contribution in [0.5, 0.6) is 0 Å². The van der Waals surface area contributed by atoms with Crippen molar-refractivity contribution in [3.63, 3.8) is 0 Å². The van der Waals surface area contributed by atoms with Crippen LogP contribution in [-0.2, 0) is 0 Å². The highest BCUT2D eigenvalue weighted by Crippen LogP contribution is 2.24. The van der Waals surface area contributed by atoms with Gasteiger partial charge in [0.15, 0.2) is 0 Å². The number of rotatable bonds is 4. The Labute approximate surface area is 119 Å². The van der Waals surface area contributed by atoms with Crippen molar-refractivity contribution < 1.29 is 5.11 Å². The molecule has 1 atom stereocenters. The van der Waals surface area contributed by atoms with Crippen LogP contribution in [0.1, 0.15) is 22.7 Å². The van der Waals surface area contributed by atoms with E-state index in [-0.39, 0.29) is 12.6 Å². The number of nitrogens with one attached hydrogen (secondary N) is 1. The van der Waals surface area contributed by atoms with Crippen molar-refractivity contribution in [3.8, 4) is 0 Å². The van der Waals surface area contributed by atoms with Gasteiger partial charge in [-0.25, -0.2) is 0 Å². The third-order valence-electron chi connectivity index (χ3n) is 3.18. The average molecular weight is 276 g/mol. The number of benzene rings is 2. The molecule has 0 bridgehead atoms. The maximum absolute atomic E-state index is 9.59. The van der Waals surface area contributed by atoms with Gasteiger partial charge in [0, 0.05) is 10.7 Å². The number of aryl methyl sites for hydroxylation is 2. The van der Waals surface area contributed by atoms with Gasteiger partial charge in [-0.2, -0.15) is 0 Å². The van der Waals surface area contributed by atoms with E-state index in [0.29, 0.717) is 5.02 Å². The summed E-state index contributed by atoms with van der Waals surface area (Å²) >= 11 is 5.96. The molecule has 0 aliphatic heterocycles. The smallest absolute Gasteiger partial charge is 0.0747 e. The average Bonchev–Trinajstić information content (AvgIpc) is 2.39. The zero-order chi connectivity index (χ0) is 13.8. The maximum Gasteiger partial charge on any atom is 0.0747 e. The monoisotopic (exact) mass is 275 g/mol.